The molecule has 2 atom stereocenters. The smallest absolute Gasteiger partial charge is 0.336 e. The predicted molar refractivity (Wildman–Crippen MR) is 68.1 cm³/mol. The number of nitrogens with one attached hydrogen (secondary N) is 1. The second-order valence-corrected chi connectivity index (χ2v) is 4.72. The van der Waals surface area contributed by atoms with Crippen molar-refractivity contribution in [1.82, 2.24) is 10.2 Å². The Balaban J connectivity index is 2.39. The quantitative estimate of drug-likeness (QED) is 0.672. The molecule has 0 aromatic heterocycles. The second-order valence-electron chi connectivity index (χ2n) is 4.72. The van der Waals surface area contributed by atoms with Crippen molar-refractivity contribution in [3.05, 3.63) is 0 Å². The summed E-state index contributed by atoms with van der Waals surface area (Å²) in [6.45, 7) is 2.78. The lowest BCUT2D eigenvalue weighted by Crippen LogP contribution is -2.52. The van der Waals surface area contributed by atoms with E-state index in [1.54, 1.807) is 6.92 Å². The first-order chi connectivity index (χ1) is 9.43. The fourth-order valence-electron chi connectivity index (χ4n) is 1.85. The number of rotatable bonds is 5. The van der Waals surface area contributed by atoms with Gasteiger partial charge in [-0.2, -0.15) is 0 Å². The summed E-state index contributed by atoms with van der Waals surface area (Å²) in [6.07, 6.45) is -0.773. The molecule has 1 aliphatic rings. The number of hydrogen-bond acceptors (Lipinski definition) is 5. The van der Waals surface area contributed by atoms with Crippen molar-refractivity contribution in [3.8, 4) is 0 Å². The van der Waals surface area contributed by atoms with E-state index in [0.29, 0.717) is 6.54 Å². The normalized spacial score (nSPS) is 20.1. The number of aliphatic carboxylic acids is 1. The maximum absolute atomic E-state index is 11.9. The molecule has 2 N–H and O–H groups in total. The first-order valence-electron chi connectivity index (χ1n) is 6.38. The molecule has 114 valence electrons. The largest absolute Gasteiger partial charge is 0.481 e. The molecule has 2 amide bonds. The van der Waals surface area contributed by atoms with Gasteiger partial charge in [-0.1, -0.05) is 6.92 Å². The highest BCUT2D eigenvalue weighted by atomic mass is 16.6. The third-order valence-corrected chi connectivity index (χ3v) is 2.94. The van der Waals surface area contributed by atoms with Gasteiger partial charge in [0, 0.05) is 19.5 Å². The van der Waals surface area contributed by atoms with E-state index in [0.717, 1.165) is 0 Å². The zero-order valence-electron chi connectivity index (χ0n) is 11.6. The van der Waals surface area contributed by atoms with Gasteiger partial charge in [0.1, 0.15) is 0 Å². The predicted octanol–water partition coefficient (Wildman–Crippen LogP) is -0.319. The average Bonchev–Trinajstić information content (AvgIpc) is 2.43. The summed E-state index contributed by atoms with van der Waals surface area (Å²) in [5.74, 6) is -1.57. The van der Waals surface area contributed by atoms with E-state index >= 15 is 0 Å². The van der Waals surface area contributed by atoms with Gasteiger partial charge in [0.25, 0.3) is 0 Å². The van der Waals surface area contributed by atoms with Gasteiger partial charge in [0.15, 0.2) is 6.10 Å². The Morgan fingerprint density at radius 3 is 2.80 bits per heavy atom. The van der Waals surface area contributed by atoms with E-state index in [4.69, 9.17) is 9.84 Å². The van der Waals surface area contributed by atoms with E-state index in [1.807, 2.05) is 0 Å². The average molecular weight is 288 g/mol. The van der Waals surface area contributed by atoms with Gasteiger partial charge in [-0.05, 0) is 5.92 Å². The number of amides is 2. The molecule has 20 heavy (non-hydrogen) atoms. The minimum absolute atomic E-state index is 0.00578. The van der Waals surface area contributed by atoms with Gasteiger partial charge in [-0.25, -0.2) is 9.59 Å². The summed E-state index contributed by atoms with van der Waals surface area (Å²) in [6, 6.07) is -0.334. The van der Waals surface area contributed by atoms with E-state index in [-0.39, 0.29) is 38.1 Å². The number of nitrogens with zero attached hydrogens (tertiary/aromatic N) is 1. The third-order valence-electron chi connectivity index (χ3n) is 2.94. The summed E-state index contributed by atoms with van der Waals surface area (Å²) in [7, 11) is 1.26. The van der Waals surface area contributed by atoms with Crippen molar-refractivity contribution < 1.29 is 29.0 Å². The fraction of sp³-hybridized carbons (Fsp3) is 0.750. The fourth-order valence-corrected chi connectivity index (χ4v) is 1.85. The minimum atomic E-state index is -0.899. The molecule has 0 spiro atoms. The minimum Gasteiger partial charge on any atom is -0.481 e. The molecular weight excluding hydrogens is 268 g/mol. The number of esters is 1. The molecule has 1 aliphatic heterocycles. The Morgan fingerprint density at radius 1 is 1.50 bits per heavy atom. The summed E-state index contributed by atoms with van der Waals surface area (Å²) in [4.78, 5) is 35.2. The number of carbonyl (C=O) groups is 3. The van der Waals surface area contributed by atoms with Crippen LogP contribution >= 0.6 is 0 Å². The molecule has 1 heterocycles. The highest BCUT2D eigenvalue weighted by Crippen LogP contribution is 2.07. The van der Waals surface area contributed by atoms with Gasteiger partial charge < -0.3 is 24.8 Å². The lowest BCUT2D eigenvalue weighted by molar-refractivity contribution is -0.158. The molecule has 8 heteroatoms. The molecular formula is C12H20N2O6. The van der Waals surface area contributed by atoms with Crippen LogP contribution in [0.5, 0.6) is 0 Å². The molecule has 8 nitrogen and oxygen atoms in total. The molecule has 0 aromatic rings. The molecule has 0 aliphatic carbocycles. The standard InChI is InChI=1S/C12H20N2O6/c1-8(5-10(15)16)6-13-12(18)14-3-4-20-9(7-14)11(17)19-2/h8-9H,3-7H2,1-2H3,(H,13,18)(H,15,16). The van der Waals surface area contributed by atoms with Crippen molar-refractivity contribution >= 4 is 18.0 Å². The van der Waals surface area contributed by atoms with E-state index in [9.17, 15) is 14.4 Å². The first kappa shape index (κ1) is 16.2. The van der Waals surface area contributed by atoms with Crippen LogP contribution in [-0.4, -0.2) is 67.4 Å². The number of carbonyl (C=O) groups excluding carboxylic acids is 2. The van der Waals surface area contributed by atoms with Crippen LogP contribution in [0.1, 0.15) is 13.3 Å². The second kappa shape index (κ2) is 7.68. The third kappa shape index (κ3) is 5.04. The molecule has 1 rings (SSSR count). The van der Waals surface area contributed by atoms with Gasteiger partial charge in [-0.3, -0.25) is 4.79 Å². The maximum atomic E-state index is 11.9. The summed E-state index contributed by atoms with van der Waals surface area (Å²) in [5, 5.41) is 11.3. The van der Waals surface area contributed by atoms with Crippen LogP contribution in [0, 0.1) is 5.92 Å². The summed E-state index contributed by atoms with van der Waals surface area (Å²) < 4.78 is 9.79. The molecule has 1 saturated heterocycles. The van der Waals surface area contributed by atoms with Crippen molar-refractivity contribution in [3.63, 3.8) is 0 Å². The molecule has 2 unspecified atom stereocenters. The number of methoxy groups -OCH3 is 1. The molecule has 0 saturated carbocycles. The number of carboxylic acids is 1. The van der Waals surface area contributed by atoms with Gasteiger partial charge in [0.05, 0.1) is 20.3 Å². The molecule has 1 fully saturated rings. The van der Waals surface area contributed by atoms with Gasteiger partial charge >= 0.3 is 18.0 Å². The Morgan fingerprint density at radius 2 is 2.20 bits per heavy atom. The maximum Gasteiger partial charge on any atom is 0.336 e. The van der Waals surface area contributed by atoms with E-state index in [2.05, 4.69) is 10.1 Å². The Hall–Kier alpha value is -1.83. The Bertz CT molecular complexity index is 373. The van der Waals surface area contributed by atoms with Crippen LogP contribution in [0.25, 0.3) is 0 Å². The van der Waals surface area contributed by atoms with Crippen LogP contribution in [0.4, 0.5) is 4.79 Å². The number of urea groups is 1. The molecule has 0 radical (unpaired) electrons. The van der Waals surface area contributed by atoms with Crippen molar-refractivity contribution in [2.24, 2.45) is 5.92 Å². The highest BCUT2D eigenvalue weighted by molar-refractivity contribution is 5.78. The first-order valence-corrected chi connectivity index (χ1v) is 6.38. The topological polar surface area (TPSA) is 105 Å². The monoisotopic (exact) mass is 288 g/mol. The van der Waals surface area contributed by atoms with Gasteiger partial charge in [-0.15, -0.1) is 0 Å². The zero-order chi connectivity index (χ0) is 15.1. The van der Waals surface area contributed by atoms with E-state index in [1.165, 1.54) is 12.0 Å². The zero-order valence-corrected chi connectivity index (χ0v) is 11.6. The van der Waals surface area contributed by atoms with Gasteiger partial charge in [0.2, 0.25) is 0 Å². The van der Waals surface area contributed by atoms with Crippen LogP contribution in [-0.2, 0) is 19.1 Å². The van der Waals surface area contributed by atoms with Crippen LogP contribution in [0.15, 0.2) is 0 Å². The Labute approximate surface area is 117 Å². The van der Waals surface area contributed by atoms with Crippen LogP contribution in [0.3, 0.4) is 0 Å². The van der Waals surface area contributed by atoms with Crippen molar-refractivity contribution in [2.75, 3.05) is 33.4 Å². The van der Waals surface area contributed by atoms with Crippen LogP contribution < -0.4 is 5.32 Å². The van der Waals surface area contributed by atoms with Crippen LogP contribution in [0.2, 0.25) is 0 Å². The number of ether oxygens (including phenoxy) is 2. The number of hydrogen-bond donors (Lipinski definition) is 2. The van der Waals surface area contributed by atoms with E-state index < -0.39 is 18.0 Å². The number of morpholine rings is 1. The molecule has 0 bridgehead atoms. The lowest BCUT2D eigenvalue weighted by atomic mass is 10.1. The summed E-state index contributed by atoms with van der Waals surface area (Å²) in [5.41, 5.74) is 0. The highest BCUT2D eigenvalue weighted by Gasteiger charge is 2.29. The lowest BCUT2D eigenvalue weighted by Gasteiger charge is -2.31. The number of carboxylic acid groups (broad SMARTS) is 1. The Kier molecular flexibility index (Phi) is 6.23. The SMILES string of the molecule is COC(=O)C1CN(C(=O)NCC(C)CC(=O)O)CCO1. The van der Waals surface area contributed by atoms with Crippen molar-refractivity contribution in [2.45, 2.75) is 19.4 Å². The summed E-state index contributed by atoms with van der Waals surface area (Å²) >= 11 is 0. The molecule has 0 aromatic carbocycles. The van der Waals surface area contributed by atoms with Crippen molar-refractivity contribution in [1.29, 1.82) is 0 Å².